The van der Waals surface area contributed by atoms with Crippen LogP contribution < -0.4 is 0 Å². The van der Waals surface area contributed by atoms with Crippen LogP contribution in [-0.2, 0) is 24.7 Å². The summed E-state index contributed by atoms with van der Waals surface area (Å²) < 4.78 is 61.7. The van der Waals surface area contributed by atoms with E-state index in [2.05, 4.69) is 0 Å². The van der Waals surface area contributed by atoms with Gasteiger partial charge in [0.2, 0.25) is 10.0 Å². The highest BCUT2D eigenvalue weighted by atomic mass is 32.2. The normalized spacial score (nSPS) is 21.1. The lowest BCUT2D eigenvalue weighted by atomic mass is 10.2. The molecule has 1 aliphatic rings. The van der Waals surface area contributed by atoms with Crippen LogP contribution in [0, 0.1) is 5.82 Å². The number of rotatable bonds is 5. The monoisotopic (exact) mass is 351 g/mol. The van der Waals surface area contributed by atoms with E-state index in [4.69, 9.17) is 5.11 Å². The van der Waals surface area contributed by atoms with Crippen molar-refractivity contribution in [1.82, 2.24) is 4.31 Å². The van der Waals surface area contributed by atoms with Gasteiger partial charge in [0, 0.05) is 6.04 Å². The van der Waals surface area contributed by atoms with Crippen LogP contribution in [0.25, 0.3) is 0 Å². The van der Waals surface area contributed by atoms with E-state index in [0.717, 1.165) is 24.3 Å². The number of aliphatic carboxylic acids is 1. The Labute approximate surface area is 127 Å². The lowest BCUT2D eigenvalue weighted by molar-refractivity contribution is -0.137. The predicted molar refractivity (Wildman–Crippen MR) is 75.0 cm³/mol. The number of sulfone groups is 1. The zero-order valence-corrected chi connectivity index (χ0v) is 13.0. The average molecular weight is 351 g/mol. The van der Waals surface area contributed by atoms with Crippen molar-refractivity contribution in [2.24, 2.45) is 0 Å². The summed E-state index contributed by atoms with van der Waals surface area (Å²) in [5.74, 6) is -2.63. The van der Waals surface area contributed by atoms with Crippen LogP contribution in [0.3, 0.4) is 0 Å². The molecule has 122 valence electrons. The van der Waals surface area contributed by atoms with Crippen LogP contribution >= 0.6 is 0 Å². The maximum atomic E-state index is 12.9. The molecular formula is C12H14FNO6S2. The Morgan fingerprint density at radius 3 is 2.36 bits per heavy atom. The van der Waals surface area contributed by atoms with Crippen molar-refractivity contribution in [1.29, 1.82) is 0 Å². The molecule has 1 aliphatic heterocycles. The van der Waals surface area contributed by atoms with Crippen molar-refractivity contribution in [2.45, 2.75) is 17.4 Å². The van der Waals surface area contributed by atoms with Crippen LogP contribution in [0.15, 0.2) is 29.2 Å². The van der Waals surface area contributed by atoms with Gasteiger partial charge in [-0.2, -0.15) is 4.31 Å². The number of benzene rings is 1. The third-order valence-electron chi connectivity index (χ3n) is 3.33. The molecule has 0 radical (unpaired) electrons. The van der Waals surface area contributed by atoms with Gasteiger partial charge in [-0.3, -0.25) is 4.79 Å². The van der Waals surface area contributed by atoms with Crippen LogP contribution in [0.5, 0.6) is 0 Å². The molecule has 1 atom stereocenters. The molecule has 0 bridgehead atoms. The van der Waals surface area contributed by atoms with Gasteiger partial charge in [-0.15, -0.1) is 0 Å². The highest BCUT2D eigenvalue weighted by Crippen LogP contribution is 2.25. The molecule has 1 fully saturated rings. The van der Waals surface area contributed by atoms with Crippen LogP contribution in [0.1, 0.15) is 6.42 Å². The van der Waals surface area contributed by atoms with Gasteiger partial charge in [-0.25, -0.2) is 21.2 Å². The molecule has 1 aromatic rings. The van der Waals surface area contributed by atoms with E-state index >= 15 is 0 Å². The minimum atomic E-state index is -4.23. The van der Waals surface area contributed by atoms with Crippen molar-refractivity contribution in [3.63, 3.8) is 0 Å². The minimum Gasteiger partial charge on any atom is -0.480 e. The van der Waals surface area contributed by atoms with Gasteiger partial charge in [0.15, 0.2) is 9.84 Å². The summed E-state index contributed by atoms with van der Waals surface area (Å²) in [5, 5.41) is 8.91. The first kappa shape index (κ1) is 16.8. The molecule has 2 rings (SSSR count). The van der Waals surface area contributed by atoms with Gasteiger partial charge in [0.1, 0.15) is 12.4 Å². The molecular weight excluding hydrogens is 337 g/mol. The van der Waals surface area contributed by atoms with Gasteiger partial charge in [-0.05, 0) is 30.7 Å². The number of carbonyl (C=O) groups is 1. The molecule has 1 aromatic carbocycles. The fourth-order valence-corrected chi connectivity index (χ4v) is 5.72. The van der Waals surface area contributed by atoms with E-state index in [1.165, 1.54) is 0 Å². The zero-order valence-electron chi connectivity index (χ0n) is 11.3. The Balaban J connectivity index is 2.40. The second-order valence-electron chi connectivity index (χ2n) is 4.95. The minimum absolute atomic E-state index is 0.0377. The summed E-state index contributed by atoms with van der Waals surface area (Å²) in [5.41, 5.74) is 0. The van der Waals surface area contributed by atoms with Gasteiger partial charge in [0.25, 0.3) is 0 Å². The number of carboxylic acids is 1. The van der Waals surface area contributed by atoms with Gasteiger partial charge >= 0.3 is 5.97 Å². The maximum Gasteiger partial charge on any atom is 0.318 e. The third-order valence-corrected chi connectivity index (χ3v) is 6.99. The van der Waals surface area contributed by atoms with Crippen molar-refractivity contribution < 1.29 is 31.1 Å². The van der Waals surface area contributed by atoms with Crippen LogP contribution in [0.2, 0.25) is 0 Å². The second-order valence-corrected chi connectivity index (χ2v) is 9.07. The molecule has 1 heterocycles. The molecule has 0 spiro atoms. The van der Waals surface area contributed by atoms with E-state index in [9.17, 15) is 26.0 Å². The molecule has 0 aliphatic carbocycles. The van der Waals surface area contributed by atoms with Gasteiger partial charge in [0.05, 0.1) is 16.4 Å². The summed E-state index contributed by atoms with van der Waals surface area (Å²) in [4.78, 5) is 10.7. The van der Waals surface area contributed by atoms with Crippen molar-refractivity contribution in [3.05, 3.63) is 30.1 Å². The molecule has 1 N–H and O–H groups in total. The van der Waals surface area contributed by atoms with Crippen molar-refractivity contribution in [2.75, 3.05) is 18.1 Å². The highest BCUT2D eigenvalue weighted by molar-refractivity contribution is 7.92. The second kappa shape index (κ2) is 5.94. The fourth-order valence-electron chi connectivity index (χ4n) is 2.29. The molecule has 0 amide bonds. The summed E-state index contributed by atoms with van der Waals surface area (Å²) in [6.45, 7) is -0.847. The summed E-state index contributed by atoms with van der Waals surface area (Å²) in [6, 6.07) is 2.98. The Morgan fingerprint density at radius 1 is 1.32 bits per heavy atom. The van der Waals surface area contributed by atoms with E-state index in [-0.39, 0.29) is 17.1 Å². The molecule has 1 saturated heterocycles. The largest absolute Gasteiger partial charge is 0.480 e. The average Bonchev–Trinajstić information content (AvgIpc) is 2.76. The first-order valence-electron chi connectivity index (χ1n) is 6.31. The number of halogens is 1. The Hall–Kier alpha value is -1.52. The van der Waals surface area contributed by atoms with Gasteiger partial charge < -0.3 is 5.11 Å². The SMILES string of the molecule is O=C(O)CN([C@H]1CCS(=O)(=O)C1)S(=O)(=O)c1ccc(F)cc1. The molecule has 10 heteroatoms. The Bertz CT molecular complexity index is 772. The zero-order chi connectivity index (χ0) is 16.5. The Kier molecular flexibility index (Phi) is 4.54. The van der Waals surface area contributed by atoms with Crippen molar-refractivity contribution >= 4 is 25.8 Å². The predicted octanol–water partition coefficient (Wildman–Crippen LogP) is 0.0881. The smallest absolute Gasteiger partial charge is 0.318 e. The number of hydrogen-bond acceptors (Lipinski definition) is 5. The topological polar surface area (TPSA) is 109 Å². The summed E-state index contributed by atoms with van der Waals surface area (Å²) >= 11 is 0. The quantitative estimate of drug-likeness (QED) is 0.805. The fraction of sp³-hybridized carbons (Fsp3) is 0.417. The number of carboxylic acid groups (broad SMARTS) is 1. The number of nitrogens with zero attached hydrogens (tertiary/aromatic N) is 1. The standard InChI is InChI=1S/C12H14FNO6S2/c13-9-1-3-11(4-2-9)22(19,20)14(7-12(15)16)10-5-6-21(17,18)8-10/h1-4,10H,5-8H2,(H,15,16)/t10-/m0/s1. The molecule has 22 heavy (non-hydrogen) atoms. The summed E-state index contributed by atoms with van der Waals surface area (Å²) in [6.07, 6.45) is 0.0377. The first-order valence-corrected chi connectivity index (χ1v) is 9.57. The molecule has 0 aromatic heterocycles. The maximum absolute atomic E-state index is 12.9. The molecule has 0 unspecified atom stereocenters. The number of hydrogen-bond donors (Lipinski definition) is 1. The van der Waals surface area contributed by atoms with Crippen LogP contribution in [0.4, 0.5) is 4.39 Å². The van der Waals surface area contributed by atoms with E-state index < -0.39 is 50.0 Å². The van der Waals surface area contributed by atoms with E-state index in [1.807, 2.05) is 0 Å². The Morgan fingerprint density at radius 2 is 1.91 bits per heavy atom. The lowest BCUT2D eigenvalue weighted by Gasteiger charge is -2.25. The first-order chi connectivity index (χ1) is 10.1. The lowest BCUT2D eigenvalue weighted by Crippen LogP contribution is -2.44. The van der Waals surface area contributed by atoms with Gasteiger partial charge in [-0.1, -0.05) is 0 Å². The molecule has 7 nitrogen and oxygen atoms in total. The highest BCUT2D eigenvalue weighted by Gasteiger charge is 2.39. The third kappa shape index (κ3) is 3.62. The molecule has 0 saturated carbocycles. The van der Waals surface area contributed by atoms with E-state index in [1.54, 1.807) is 0 Å². The van der Waals surface area contributed by atoms with Crippen LogP contribution in [-0.4, -0.2) is 56.3 Å². The van der Waals surface area contributed by atoms with Crippen molar-refractivity contribution in [3.8, 4) is 0 Å². The number of sulfonamides is 1. The summed E-state index contributed by atoms with van der Waals surface area (Å²) in [7, 11) is -7.61. The van der Waals surface area contributed by atoms with E-state index in [0.29, 0.717) is 4.31 Å².